The Balaban J connectivity index is 2.30. The van der Waals surface area contributed by atoms with E-state index in [0.717, 1.165) is 19.3 Å². The van der Waals surface area contributed by atoms with Gasteiger partial charge in [-0.1, -0.05) is 0 Å². The van der Waals surface area contributed by atoms with E-state index in [1.165, 1.54) is 0 Å². The minimum Gasteiger partial charge on any atom is -0.393 e. The maximum absolute atomic E-state index is 9.14. The molecule has 0 radical (unpaired) electrons. The van der Waals surface area contributed by atoms with Crippen molar-refractivity contribution in [3.05, 3.63) is 0 Å². The molecule has 1 rings (SSSR count). The lowest BCUT2D eigenvalue weighted by atomic mass is 9.99. The van der Waals surface area contributed by atoms with Crippen LogP contribution in [-0.4, -0.2) is 29.2 Å². The quantitative estimate of drug-likeness (QED) is 0.758. The van der Waals surface area contributed by atoms with Crippen LogP contribution in [0.5, 0.6) is 0 Å². The maximum atomic E-state index is 9.14. The number of hydrogen-bond acceptors (Lipinski definition) is 3. The zero-order valence-corrected chi connectivity index (χ0v) is 9.67. The molecule has 1 fully saturated rings. The first-order valence-electron chi connectivity index (χ1n) is 5.35. The molecule has 2 atom stereocenters. The Labute approximate surface area is 86.4 Å². The van der Waals surface area contributed by atoms with E-state index in [-0.39, 0.29) is 11.7 Å². The standard InChI is InChI=1S/C11H22O3/c1-9(12)6-5-7-11(4)8-13-10(2,3)14-11/h9,12H,5-8H2,1-4H3. The van der Waals surface area contributed by atoms with E-state index < -0.39 is 5.79 Å². The molecule has 0 aromatic rings. The van der Waals surface area contributed by atoms with E-state index in [2.05, 4.69) is 6.92 Å². The highest BCUT2D eigenvalue weighted by Gasteiger charge is 2.41. The Hall–Kier alpha value is -0.120. The molecule has 3 nitrogen and oxygen atoms in total. The molecule has 1 aliphatic rings. The lowest BCUT2D eigenvalue weighted by molar-refractivity contribution is -0.158. The highest BCUT2D eigenvalue weighted by molar-refractivity contribution is 4.83. The first kappa shape index (κ1) is 12.0. The van der Waals surface area contributed by atoms with Crippen LogP contribution in [-0.2, 0) is 9.47 Å². The third kappa shape index (κ3) is 3.56. The molecule has 14 heavy (non-hydrogen) atoms. The number of ether oxygens (including phenoxy) is 2. The molecule has 3 heteroatoms. The lowest BCUT2D eigenvalue weighted by Crippen LogP contribution is -2.30. The van der Waals surface area contributed by atoms with Gasteiger partial charge < -0.3 is 14.6 Å². The minimum atomic E-state index is -0.445. The first-order chi connectivity index (χ1) is 6.33. The van der Waals surface area contributed by atoms with Crippen LogP contribution in [0.3, 0.4) is 0 Å². The Morgan fingerprint density at radius 3 is 2.43 bits per heavy atom. The van der Waals surface area contributed by atoms with Crippen molar-refractivity contribution in [1.29, 1.82) is 0 Å². The molecule has 1 heterocycles. The summed E-state index contributed by atoms with van der Waals surface area (Å²) in [5.41, 5.74) is -0.168. The Bertz CT molecular complexity index is 189. The third-order valence-electron chi connectivity index (χ3n) is 2.54. The molecule has 1 saturated heterocycles. The molecule has 1 aliphatic heterocycles. The van der Waals surface area contributed by atoms with Crippen molar-refractivity contribution in [3.8, 4) is 0 Å². The Morgan fingerprint density at radius 1 is 1.36 bits per heavy atom. The van der Waals surface area contributed by atoms with E-state index in [1.54, 1.807) is 0 Å². The van der Waals surface area contributed by atoms with Gasteiger partial charge in [-0.25, -0.2) is 0 Å². The van der Waals surface area contributed by atoms with Crippen LogP contribution in [0.4, 0.5) is 0 Å². The Kier molecular flexibility index (Phi) is 3.56. The van der Waals surface area contributed by atoms with Crippen LogP contribution in [0, 0.1) is 0 Å². The van der Waals surface area contributed by atoms with Gasteiger partial charge in [0.05, 0.1) is 18.3 Å². The van der Waals surface area contributed by atoms with Gasteiger partial charge >= 0.3 is 0 Å². The van der Waals surface area contributed by atoms with Crippen LogP contribution in [0.2, 0.25) is 0 Å². The first-order valence-corrected chi connectivity index (χ1v) is 5.35. The molecule has 0 aromatic carbocycles. The summed E-state index contributed by atoms with van der Waals surface area (Å²) in [6, 6.07) is 0. The van der Waals surface area contributed by atoms with E-state index in [4.69, 9.17) is 14.6 Å². The summed E-state index contributed by atoms with van der Waals surface area (Å²) in [7, 11) is 0. The van der Waals surface area contributed by atoms with Crippen molar-refractivity contribution in [2.24, 2.45) is 0 Å². The molecule has 0 amide bonds. The highest BCUT2D eigenvalue weighted by atomic mass is 16.7. The van der Waals surface area contributed by atoms with Gasteiger partial charge in [0.25, 0.3) is 0 Å². The second-order valence-electron chi connectivity index (χ2n) is 4.98. The fourth-order valence-electron chi connectivity index (χ4n) is 1.87. The van der Waals surface area contributed by atoms with Crippen LogP contribution < -0.4 is 0 Å². The van der Waals surface area contributed by atoms with E-state index in [0.29, 0.717) is 6.61 Å². The van der Waals surface area contributed by atoms with Gasteiger partial charge in [-0.05, 0) is 47.0 Å². The molecular weight excluding hydrogens is 180 g/mol. The van der Waals surface area contributed by atoms with Crippen molar-refractivity contribution in [2.75, 3.05) is 6.61 Å². The van der Waals surface area contributed by atoms with E-state index >= 15 is 0 Å². The SMILES string of the molecule is CC(O)CCCC1(C)COC(C)(C)O1. The molecule has 1 N–H and O–H groups in total. The average Bonchev–Trinajstić information content (AvgIpc) is 2.25. The zero-order valence-electron chi connectivity index (χ0n) is 9.67. The largest absolute Gasteiger partial charge is 0.393 e. The predicted molar refractivity (Wildman–Crippen MR) is 55.1 cm³/mol. The van der Waals surface area contributed by atoms with Crippen LogP contribution in [0.15, 0.2) is 0 Å². The number of aliphatic hydroxyl groups is 1. The van der Waals surface area contributed by atoms with Gasteiger partial charge in [-0.3, -0.25) is 0 Å². The molecule has 0 saturated carbocycles. The topological polar surface area (TPSA) is 38.7 Å². The summed E-state index contributed by atoms with van der Waals surface area (Å²) in [5, 5.41) is 9.14. The molecule has 0 aromatic heterocycles. The van der Waals surface area contributed by atoms with Gasteiger partial charge in [-0.15, -0.1) is 0 Å². The molecule has 0 aliphatic carbocycles. The van der Waals surface area contributed by atoms with Crippen LogP contribution in [0.1, 0.15) is 47.0 Å². The molecule has 0 spiro atoms. The third-order valence-corrected chi connectivity index (χ3v) is 2.54. The second-order valence-corrected chi connectivity index (χ2v) is 4.98. The highest BCUT2D eigenvalue weighted by Crippen LogP contribution is 2.34. The van der Waals surface area contributed by atoms with Crippen LogP contribution >= 0.6 is 0 Å². The summed E-state index contributed by atoms with van der Waals surface area (Å²) >= 11 is 0. The summed E-state index contributed by atoms with van der Waals surface area (Å²) in [6.45, 7) is 8.42. The van der Waals surface area contributed by atoms with Crippen LogP contribution in [0.25, 0.3) is 0 Å². The van der Waals surface area contributed by atoms with Crippen molar-refractivity contribution >= 4 is 0 Å². The molecule has 2 unspecified atom stereocenters. The van der Waals surface area contributed by atoms with Gasteiger partial charge in [0.2, 0.25) is 0 Å². The number of hydrogen-bond donors (Lipinski definition) is 1. The average molecular weight is 202 g/mol. The van der Waals surface area contributed by atoms with Gasteiger partial charge in [0.1, 0.15) is 0 Å². The van der Waals surface area contributed by atoms with Crippen molar-refractivity contribution in [1.82, 2.24) is 0 Å². The fraction of sp³-hybridized carbons (Fsp3) is 1.00. The normalized spacial score (nSPS) is 33.2. The fourth-order valence-corrected chi connectivity index (χ4v) is 1.87. The Morgan fingerprint density at radius 2 is 2.00 bits per heavy atom. The lowest BCUT2D eigenvalue weighted by Gasteiger charge is -2.25. The monoisotopic (exact) mass is 202 g/mol. The second kappa shape index (κ2) is 4.17. The smallest absolute Gasteiger partial charge is 0.163 e. The number of aliphatic hydroxyl groups excluding tert-OH is 1. The van der Waals surface area contributed by atoms with Gasteiger partial charge in [-0.2, -0.15) is 0 Å². The van der Waals surface area contributed by atoms with Gasteiger partial charge in [0.15, 0.2) is 5.79 Å². The maximum Gasteiger partial charge on any atom is 0.163 e. The minimum absolute atomic E-state index is 0.168. The van der Waals surface area contributed by atoms with Crippen molar-refractivity contribution in [3.63, 3.8) is 0 Å². The molecular formula is C11H22O3. The molecule has 84 valence electrons. The summed E-state index contributed by atoms with van der Waals surface area (Å²) in [5.74, 6) is -0.445. The van der Waals surface area contributed by atoms with E-state index in [9.17, 15) is 0 Å². The zero-order chi connectivity index (χ0) is 10.8. The van der Waals surface area contributed by atoms with Crippen molar-refractivity contribution < 1.29 is 14.6 Å². The van der Waals surface area contributed by atoms with Gasteiger partial charge in [0, 0.05) is 0 Å². The molecule has 0 bridgehead atoms. The van der Waals surface area contributed by atoms with E-state index in [1.807, 2.05) is 20.8 Å². The summed E-state index contributed by atoms with van der Waals surface area (Å²) in [6.07, 6.45) is 2.54. The summed E-state index contributed by atoms with van der Waals surface area (Å²) in [4.78, 5) is 0. The summed E-state index contributed by atoms with van der Waals surface area (Å²) < 4.78 is 11.3. The number of rotatable bonds is 4. The predicted octanol–water partition coefficient (Wildman–Crippen LogP) is 2.08. The van der Waals surface area contributed by atoms with Crippen molar-refractivity contribution in [2.45, 2.75) is 64.4 Å².